The summed E-state index contributed by atoms with van der Waals surface area (Å²) in [5.41, 5.74) is 1.12. The number of carbonyl (C=O) groups excluding carboxylic acids is 2. The van der Waals surface area contributed by atoms with Gasteiger partial charge in [-0.1, -0.05) is 19.1 Å². The van der Waals surface area contributed by atoms with Gasteiger partial charge in [-0.25, -0.2) is 9.78 Å². The summed E-state index contributed by atoms with van der Waals surface area (Å²) < 4.78 is 40.8. The van der Waals surface area contributed by atoms with Crippen LogP contribution in [0.5, 0.6) is 5.75 Å². The molecule has 1 N–H and O–H groups in total. The number of rotatable bonds is 4. The molecule has 0 fully saturated rings. The van der Waals surface area contributed by atoms with Gasteiger partial charge in [0.2, 0.25) is 5.91 Å². The van der Waals surface area contributed by atoms with Gasteiger partial charge in [0.15, 0.2) is 5.82 Å². The second-order valence-corrected chi connectivity index (χ2v) is 6.41. The molecule has 2 heterocycles. The molecule has 1 aromatic carbocycles. The number of nitrogens with zero attached hydrogens (tertiary/aromatic N) is 3. The maximum Gasteiger partial charge on any atom is 0.573 e. The molecule has 0 aliphatic carbocycles. The van der Waals surface area contributed by atoms with E-state index in [-0.39, 0.29) is 18.2 Å². The first kappa shape index (κ1) is 20.4. The van der Waals surface area contributed by atoms with E-state index in [0.29, 0.717) is 23.5 Å². The first-order valence-corrected chi connectivity index (χ1v) is 8.85. The summed E-state index contributed by atoms with van der Waals surface area (Å²) >= 11 is 0. The lowest BCUT2D eigenvalue weighted by Gasteiger charge is -2.33. The lowest BCUT2D eigenvalue weighted by atomic mass is 10.0. The van der Waals surface area contributed by atoms with E-state index in [1.165, 1.54) is 40.3 Å². The molecule has 154 valence electrons. The van der Waals surface area contributed by atoms with Crippen LogP contribution in [0.25, 0.3) is 0 Å². The average Bonchev–Trinajstić information content (AvgIpc) is 2.68. The number of likely N-dealkylation sites (N-methyl/N-ethyl adjacent to an activating group) is 1. The molecule has 0 saturated carbocycles. The quantitative estimate of drug-likeness (QED) is 0.839. The maximum absolute atomic E-state index is 12.8. The molecule has 29 heavy (non-hydrogen) atoms. The molecule has 1 atom stereocenters. The number of anilines is 2. The third kappa shape index (κ3) is 4.58. The first-order valence-electron chi connectivity index (χ1n) is 8.85. The third-order valence-corrected chi connectivity index (χ3v) is 4.52. The van der Waals surface area contributed by atoms with Gasteiger partial charge in [-0.15, -0.1) is 13.2 Å². The molecule has 3 rings (SSSR count). The minimum absolute atomic E-state index is 0.166. The number of aromatic nitrogens is 1. The van der Waals surface area contributed by atoms with Crippen LogP contribution in [0.15, 0.2) is 42.6 Å². The highest BCUT2D eigenvalue weighted by Gasteiger charge is 2.33. The van der Waals surface area contributed by atoms with E-state index in [2.05, 4.69) is 15.0 Å². The van der Waals surface area contributed by atoms with Gasteiger partial charge >= 0.3 is 12.4 Å². The van der Waals surface area contributed by atoms with Crippen molar-refractivity contribution >= 4 is 23.4 Å². The minimum atomic E-state index is -4.77. The van der Waals surface area contributed by atoms with E-state index in [4.69, 9.17) is 0 Å². The maximum atomic E-state index is 12.8. The van der Waals surface area contributed by atoms with Gasteiger partial charge in [0.25, 0.3) is 0 Å². The molecular formula is C19H19F3N4O3. The number of amides is 3. The monoisotopic (exact) mass is 408 g/mol. The Morgan fingerprint density at radius 1 is 1.28 bits per heavy atom. The Balaban J connectivity index is 1.77. The number of benzene rings is 1. The van der Waals surface area contributed by atoms with Gasteiger partial charge in [0, 0.05) is 13.2 Å². The fourth-order valence-electron chi connectivity index (χ4n) is 3.03. The van der Waals surface area contributed by atoms with E-state index in [0.717, 1.165) is 0 Å². The van der Waals surface area contributed by atoms with Gasteiger partial charge in [-0.2, -0.15) is 0 Å². The lowest BCUT2D eigenvalue weighted by molar-refractivity contribution is -0.274. The minimum Gasteiger partial charge on any atom is -0.406 e. The van der Waals surface area contributed by atoms with Crippen LogP contribution >= 0.6 is 0 Å². The molecule has 0 bridgehead atoms. The molecule has 2 aromatic rings. The number of ether oxygens (including phenoxy) is 1. The Morgan fingerprint density at radius 3 is 2.59 bits per heavy atom. The van der Waals surface area contributed by atoms with Crippen molar-refractivity contribution in [2.45, 2.75) is 25.7 Å². The summed E-state index contributed by atoms with van der Waals surface area (Å²) in [5, 5.41) is 2.81. The molecule has 0 spiro atoms. The van der Waals surface area contributed by atoms with Gasteiger partial charge in [-0.3, -0.25) is 9.69 Å². The number of nitrogens with one attached hydrogen (secondary N) is 1. The number of halogens is 3. The SMILES string of the molecule is CCC(NC(=O)N1CC(=O)N(C)c2cccnc21)c1ccc(OC(F)(F)F)cc1. The standard InChI is InChI=1S/C19H19F3N4O3/c1-3-14(12-6-8-13(9-7-12)29-19(20,21)22)24-18(28)26-11-16(27)25(2)15-5-4-10-23-17(15)26/h4-10,14H,3,11H2,1-2H3,(H,24,28). The van der Waals surface area contributed by atoms with Crippen LogP contribution in [0.4, 0.5) is 29.5 Å². The molecule has 0 radical (unpaired) electrons. The van der Waals surface area contributed by atoms with Gasteiger partial charge in [-0.05, 0) is 36.2 Å². The summed E-state index contributed by atoms with van der Waals surface area (Å²) in [4.78, 5) is 32.0. The number of carbonyl (C=O) groups is 2. The van der Waals surface area contributed by atoms with E-state index < -0.39 is 18.4 Å². The van der Waals surface area contributed by atoms with Crippen molar-refractivity contribution in [2.75, 3.05) is 23.4 Å². The molecule has 0 saturated heterocycles. The van der Waals surface area contributed by atoms with Crippen LogP contribution in [0.2, 0.25) is 0 Å². The summed E-state index contributed by atoms with van der Waals surface area (Å²) in [6.45, 7) is 1.66. The number of fused-ring (bicyclic) bond motifs is 1. The molecule has 1 unspecified atom stereocenters. The fourth-order valence-corrected chi connectivity index (χ4v) is 3.03. The summed E-state index contributed by atoms with van der Waals surface area (Å²) in [5.74, 6) is -0.247. The summed E-state index contributed by atoms with van der Waals surface area (Å²) in [7, 11) is 1.61. The number of urea groups is 1. The van der Waals surface area contributed by atoms with Crippen LogP contribution in [0, 0.1) is 0 Å². The van der Waals surface area contributed by atoms with Crippen molar-refractivity contribution in [1.82, 2.24) is 10.3 Å². The Kier molecular flexibility index (Phi) is 5.62. The van der Waals surface area contributed by atoms with Gasteiger partial charge in [0.05, 0.1) is 11.7 Å². The predicted molar refractivity (Wildman–Crippen MR) is 99.7 cm³/mol. The average molecular weight is 408 g/mol. The lowest BCUT2D eigenvalue weighted by Crippen LogP contribution is -2.51. The highest BCUT2D eigenvalue weighted by Crippen LogP contribution is 2.31. The van der Waals surface area contributed by atoms with E-state index in [9.17, 15) is 22.8 Å². The van der Waals surface area contributed by atoms with Crippen molar-refractivity contribution in [3.63, 3.8) is 0 Å². The van der Waals surface area contributed by atoms with E-state index in [1.54, 1.807) is 19.2 Å². The Labute approximate surface area is 165 Å². The van der Waals surface area contributed by atoms with Crippen molar-refractivity contribution in [1.29, 1.82) is 0 Å². The smallest absolute Gasteiger partial charge is 0.406 e. The predicted octanol–water partition coefficient (Wildman–Crippen LogP) is 3.62. The molecular weight excluding hydrogens is 389 g/mol. The normalized spacial score (nSPS) is 15.0. The number of hydrogen-bond donors (Lipinski definition) is 1. The Morgan fingerprint density at radius 2 is 1.97 bits per heavy atom. The third-order valence-electron chi connectivity index (χ3n) is 4.52. The molecule has 7 nitrogen and oxygen atoms in total. The fraction of sp³-hybridized carbons (Fsp3) is 0.316. The van der Waals surface area contributed by atoms with Crippen molar-refractivity contribution in [2.24, 2.45) is 0 Å². The van der Waals surface area contributed by atoms with Gasteiger partial charge < -0.3 is 15.0 Å². The van der Waals surface area contributed by atoms with Crippen molar-refractivity contribution < 1.29 is 27.5 Å². The molecule has 1 aliphatic heterocycles. The first-order chi connectivity index (χ1) is 13.7. The number of alkyl halides is 3. The van der Waals surface area contributed by atoms with Crippen LogP contribution in [0.1, 0.15) is 24.9 Å². The zero-order valence-electron chi connectivity index (χ0n) is 15.7. The van der Waals surface area contributed by atoms with Crippen LogP contribution in [-0.4, -0.2) is 36.9 Å². The number of hydrogen-bond acceptors (Lipinski definition) is 4. The molecule has 3 amide bonds. The van der Waals surface area contributed by atoms with E-state index >= 15 is 0 Å². The van der Waals surface area contributed by atoms with Crippen LogP contribution in [0.3, 0.4) is 0 Å². The second-order valence-electron chi connectivity index (χ2n) is 6.41. The highest BCUT2D eigenvalue weighted by molar-refractivity contribution is 6.09. The molecule has 1 aromatic heterocycles. The van der Waals surface area contributed by atoms with Crippen LogP contribution < -0.4 is 19.9 Å². The zero-order chi connectivity index (χ0) is 21.2. The summed E-state index contributed by atoms with van der Waals surface area (Å²) in [6.07, 6.45) is -2.75. The largest absolute Gasteiger partial charge is 0.573 e. The van der Waals surface area contributed by atoms with Crippen molar-refractivity contribution in [3.05, 3.63) is 48.2 Å². The summed E-state index contributed by atoms with van der Waals surface area (Å²) in [6, 6.07) is 7.66. The number of pyridine rings is 1. The zero-order valence-corrected chi connectivity index (χ0v) is 15.7. The molecule has 10 heteroatoms. The Hall–Kier alpha value is -3.30. The highest BCUT2D eigenvalue weighted by atomic mass is 19.4. The second kappa shape index (κ2) is 7.98. The van der Waals surface area contributed by atoms with E-state index in [1.807, 2.05) is 6.92 Å². The van der Waals surface area contributed by atoms with Gasteiger partial charge in [0.1, 0.15) is 12.3 Å². The topological polar surface area (TPSA) is 74.8 Å². The molecule has 1 aliphatic rings. The van der Waals surface area contributed by atoms with Crippen molar-refractivity contribution in [3.8, 4) is 5.75 Å². The Bertz CT molecular complexity index is 902. The van der Waals surface area contributed by atoms with Crippen LogP contribution in [-0.2, 0) is 4.79 Å².